The van der Waals surface area contributed by atoms with Gasteiger partial charge in [-0.1, -0.05) is 59.4 Å². The van der Waals surface area contributed by atoms with Gasteiger partial charge in [0.1, 0.15) is 4.88 Å². The molecule has 0 aliphatic rings. The number of carbonyl (C=O) groups is 1. The highest BCUT2D eigenvalue weighted by Gasteiger charge is 2.19. The first-order valence-electron chi connectivity index (χ1n) is 7.25. The average molecular weight is 323 g/mol. The molecule has 0 unspecified atom stereocenters. The predicted molar refractivity (Wildman–Crippen MR) is 95.8 cm³/mol. The van der Waals surface area contributed by atoms with Gasteiger partial charge >= 0.3 is 0 Å². The van der Waals surface area contributed by atoms with E-state index in [1.807, 2.05) is 62.4 Å². The molecule has 5 heteroatoms. The molecule has 3 rings (SSSR count). The van der Waals surface area contributed by atoms with Gasteiger partial charge in [0, 0.05) is 11.3 Å². The van der Waals surface area contributed by atoms with Crippen molar-refractivity contribution in [3.63, 3.8) is 0 Å². The third kappa shape index (κ3) is 3.24. The molecule has 3 N–H and O–H groups in total. The maximum absolute atomic E-state index is 12.7. The molecular weight excluding hydrogens is 306 g/mol. The molecule has 1 amide bonds. The maximum atomic E-state index is 12.7. The molecule has 0 saturated carbocycles. The quantitative estimate of drug-likeness (QED) is 0.756. The zero-order chi connectivity index (χ0) is 16.4. The van der Waals surface area contributed by atoms with E-state index in [0.717, 1.165) is 22.4 Å². The van der Waals surface area contributed by atoms with E-state index in [2.05, 4.69) is 10.3 Å². The number of nitrogens with zero attached hydrogens (tertiary/aromatic N) is 1. The molecule has 1 aromatic heterocycles. The van der Waals surface area contributed by atoms with E-state index in [1.54, 1.807) is 0 Å². The Hall–Kier alpha value is -2.66. The molecule has 0 aliphatic heterocycles. The summed E-state index contributed by atoms with van der Waals surface area (Å²) in [5.41, 5.74) is 10.3. The van der Waals surface area contributed by atoms with Crippen LogP contribution in [0.1, 0.15) is 20.8 Å². The second-order valence-electron chi connectivity index (χ2n) is 5.37. The van der Waals surface area contributed by atoms with Gasteiger partial charge < -0.3 is 11.1 Å². The highest BCUT2D eigenvalue weighted by molar-refractivity contribution is 7.17. The molecule has 0 bridgehead atoms. The average Bonchev–Trinajstić information content (AvgIpc) is 2.93. The highest BCUT2D eigenvalue weighted by Crippen LogP contribution is 2.30. The summed E-state index contributed by atoms with van der Waals surface area (Å²) in [4.78, 5) is 17.5. The zero-order valence-electron chi connectivity index (χ0n) is 13.0. The lowest BCUT2D eigenvalue weighted by Gasteiger charge is -2.09. The number of hydrogen-bond acceptors (Lipinski definition) is 4. The van der Waals surface area contributed by atoms with Crippen molar-refractivity contribution in [1.82, 2.24) is 4.98 Å². The lowest BCUT2D eigenvalue weighted by atomic mass is 10.1. The smallest absolute Gasteiger partial charge is 0.268 e. The van der Waals surface area contributed by atoms with Crippen LogP contribution < -0.4 is 11.1 Å². The first-order valence-corrected chi connectivity index (χ1v) is 8.06. The Balaban J connectivity index is 1.94. The topological polar surface area (TPSA) is 68.0 Å². The Morgan fingerprint density at radius 2 is 1.87 bits per heavy atom. The van der Waals surface area contributed by atoms with Crippen LogP contribution in [0.3, 0.4) is 0 Å². The van der Waals surface area contributed by atoms with Crippen molar-refractivity contribution in [2.24, 2.45) is 0 Å². The van der Waals surface area contributed by atoms with Crippen LogP contribution in [0.4, 0.5) is 10.8 Å². The summed E-state index contributed by atoms with van der Waals surface area (Å²) in [5, 5.41) is 3.34. The first-order chi connectivity index (χ1) is 11.0. The van der Waals surface area contributed by atoms with Crippen LogP contribution in [0, 0.1) is 13.8 Å². The van der Waals surface area contributed by atoms with Crippen molar-refractivity contribution < 1.29 is 4.79 Å². The summed E-state index contributed by atoms with van der Waals surface area (Å²) in [5.74, 6) is -0.190. The fourth-order valence-corrected chi connectivity index (χ4v) is 3.17. The van der Waals surface area contributed by atoms with Gasteiger partial charge in [-0.3, -0.25) is 4.79 Å². The molecule has 0 atom stereocenters. The number of nitrogens with two attached hydrogens (primary N) is 1. The van der Waals surface area contributed by atoms with Crippen LogP contribution in [0.5, 0.6) is 0 Å². The van der Waals surface area contributed by atoms with E-state index >= 15 is 0 Å². The molecule has 0 aliphatic carbocycles. The second-order valence-corrected chi connectivity index (χ2v) is 6.40. The number of benzene rings is 2. The summed E-state index contributed by atoms with van der Waals surface area (Å²) in [6, 6.07) is 15.5. The summed E-state index contributed by atoms with van der Waals surface area (Å²) in [6.07, 6.45) is 0. The molecule has 2 aromatic carbocycles. The van der Waals surface area contributed by atoms with Crippen LogP contribution in [0.2, 0.25) is 0 Å². The van der Waals surface area contributed by atoms with Gasteiger partial charge in [0.05, 0.1) is 5.69 Å². The van der Waals surface area contributed by atoms with Crippen molar-refractivity contribution in [3.05, 3.63) is 64.5 Å². The summed E-state index contributed by atoms with van der Waals surface area (Å²) >= 11 is 1.20. The lowest BCUT2D eigenvalue weighted by Crippen LogP contribution is -2.12. The van der Waals surface area contributed by atoms with Gasteiger partial charge in [0.15, 0.2) is 5.13 Å². The monoisotopic (exact) mass is 323 g/mol. The van der Waals surface area contributed by atoms with Gasteiger partial charge in [0.25, 0.3) is 5.91 Å². The third-order valence-corrected chi connectivity index (χ3v) is 4.41. The number of hydrogen-bond donors (Lipinski definition) is 2. The lowest BCUT2D eigenvalue weighted by molar-refractivity contribution is 0.103. The second kappa shape index (κ2) is 6.22. The van der Waals surface area contributed by atoms with E-state index in [4.69, 9.17) is 5.73 Å². The molecule has 1 heterocycles. The molecule has 0 saturated heterocycles. The molecule has 0 fully saturated rings. The fraction of sp³-hybridized carbons (Fsp3) is 0.111. The predicted octanol–water partition coefficient (Wildman–Crippen LogP) is 4.26. The number of rotatable bonds is 3. The molecule has 0 radical (unpaired) electrons. The molecule has 23 heavy (non-hydrogen) atoms. The summed E-state index contributed by atoms with van der Waals surface area (Å²) in [6.45, 7) is 4.00. The normalized spacial score (nSPS) is 10.5. The van der Waals surface area contributed by atoms with Crippen LogP contribution in [0.15, 0.2) is 48.5 Å². The van der Waals surface area contributed by atoms with Gasteiger partial charge in [-0.25, -0.2) is 4.98 Å². The number of carbonyl (C=O) groups excluding carboxylic acids is 1. The first kappa shape index (κ1) is 15.2. The number of nitrogens with one attached hydrogen (secondary N) is 1. The summed E-state index contributed by atoms with van der Waals surface area (Å²) < 4.78 is 0. The molecular formula is C18H17N3OS. The Morgan fingerprint density at radius 3 is 2.57 bits per heavy atom. The van der Waals surface area contributed by atoms with E-state index in [0.29, 0.717) is 15.7 Å². The largest absolute Gasteiger partial charge is 0.375 e. The Kier molecular flexibility index (Phi) is 4.12. The number of thiazole rings is 1. The third-order valence-electron chi connectivity index (χ3n) is 3.53. The number of aryl methyl sites for hydroxylation is 2. The molecule has 4 nitrogen and oxygen atoms in total. The number of aromatic nitrogens is 1. The van der Waals surface area contributed by atoms with Crippen molar-refractivity contribution in [2.45, 2.75) is 13.8 Å². The van der Waals surface area contributed by atoms with E-state index in [9.17, 15) is 4.79 Å². The van der Waals surface area contributed by atoms with Gasteiger partial charge in [-0.2, -0.15) is 0 Å². The number of anilines is 2. The SMILES string of the molecule is Cc1ccc(NC(=O)c2sc(N)nc2-c2ccccc2)c(C)c1. The van der Waals surface area contributed by atoms with Crippen molar-refractivity contribution in [3.8, 4) is 11.3 Å². The van der Waals surface area contributed by atoms with Crippen LogP contribution >= 0.6 is 11.3 Å². The standard InChI is InChI=1S/C18H17N3OS/c1-11-8-9-14(12(2)10-11)20-17(22)16-15(21-18(19)23-16)13-6-4-3-5-7-13/h3-10H,1-2H3,(H2,19,21)(H,20,22). The highest BCUT2D eigenvalue weighted by atomic mass is 32.1. The molecule has 116 valence electrons. The van der Waals surface area contributed by atoms with E-state index in [-0.39, 0.29) is 5.91 Å². The number of nitrogen functional groups attached to an aromatic ring is 1. The zero-order valence-corrected chi connectivity index (χ0v) is 13.8. The Morgan fingerprint density at radius 1 is 1.13 bits per heavy atom. The van der Waals surface area contributed by atoms with Gasteiger partial charge in [-0.05, 0) is 25.5 Å². The minimum atomic E-state index is -0.190. The van der Waals surface area contributed by atoms with Crippen LogP contribution in [-0.2, 0) is 0 Å². The minimum absolute atomic E-state index is 0.190. The maximum Gasteiger partial charge on any atom is 0.268 e. The molecule has 3 aromatic rings. The Bertz CT molecular complexity index is 856. The van der Waals surface area contributed by atoms with E-state index < -0.39 is 0 Å². The van der Waals surface area contributed by atoms with Crippen molar-refractivity contribution in [1.29, 1.82) is 0 Å². The number of amides is 1. The van der Waals surface area contributed by atoms with Crippen molar-refractivity contribution in [2.75, 3.05) is 11.1 Å². The van der Waals surface area contributed by atoms with Crippen LogP contribution in [-0.4, -0.2) is 10.9 Å². The minimum Gasteiger partial charge on any atom is -0.375 e. The van der Waals surface area contributed by atoms with E-state index in [1.165, 1.54) is 11.3 Å². The Labute approximate surface area is 139 Å². The van der Waals surface area contributed by atoms with Gasteiger partial charge in [0.2, 0.25) is 0 Å². The van der Waals surface area contributed by atoms with Crippen LogP contribution in [0.25, 0.3) is 11.3 Å². The van der Waals surface area contributed by atoms with Crippen molar-refractivity contribution >= 4 is 28.1 Å². The molecule has 0 spiro atoms. The van der Waals surface area contributed by atoms with Gasteiger partial charge in [-0.15, -0.1) is 0 Å². The summed E-state index contributed by atoms with van der Waals surface area (Å²) in [7, 11) is 0. The fourth-order valence-electron chi connectivity index (χ4n) is 2.42.